The fourth-order valence-corrected chi connectivity index (χ4v) is 7.98. The van der Waals surface area contributed by atoms with E-state index in [4.69, 9.17) is 0 Å². The van der Waals surface area contributed by atoms with E-state index in [1.807, 2.05) is 6.07 Å². The number of amides is 8. The Balaban J connectivity index is 0.000000167. The Morgan fingerprint density at radius 1 is 0.574 bits per heavy atom. The molecule has 16 nitrogen and oxygen atoms in total. The van der Waals surface area contributed by atoms with Gasteiger partial charge in [0.2, 0.25) is 23.6 Å². The maximum atomic E-state index is 12.9. The van der Waals surface area contributed by atoms with Gasteiger partial charge >= 0.3 is 0 Å². The number of aldehydes is 1. The lowest BCUT2D eigenvalue weighted by Crippen LogP contribution is -2.54. The molecule has 0 aliphatic carbocycles. The minimum absolute atomic E-state index is 0.0712. The van der Waals surface area contributed by atoms with Crippen molar-refractivity contribution in [2.24, 2.45) is 11.8 Å². The first kappa shape index (κ1) is 36.6. The molecule has 8 amide bonds. The average Bonchev–Trinajstić information content (AvgIpc) is 3.58. The fourth-order valence-electron chi connectivity index (χ4n) is 7.98. The molecule has 0 spiro atoms. The largest absolute Gasteiger partial charge is 0.396 e. The summed E-state index contributed by atoms with van der Waals surface area (Å²) < 4.78 is 0. The highest BCUT2D eigenvalue weighted by atomic mass is 16.3. The van der Waals surface area contributed by atoms with E-state index in [9.17, 15) is 48.3 Å². The molecule has 0 bridgehead atoms. The zero-order chi connectivity index (χ0) is 38.3. The van der Waals surface area contributed by atoms with E-state index in [1.54, 1.807) is 30.3 Å². The Labute approximate surface area is 309 Å². The molecule has 2 atom stereocenters. The molecule has 2 aromatic rings. The van der Waals surface area contributed by atoms with Gasteiger partial charge in [0.25, 0.3) is 23.6 Å². The van der Waals surface area contributed by atoms with Crippen molar-refractivity contribution >= 4 is 64.9 Å². The van der Waals surface area contributed by atoms with Gasteiger partial charge in [0, 0.05) is 62.9 Å². The number of nitrogens with one attached hydrogen (secondary N) is 2. The van der Waals surface area contributed by atoms with Crippen molar-refractivity contribution in [2.75, 3.05) is 42.6 Å². The summed E-state index contributed by atoms with van der Waals surface area (Å²) in [5.74, 6) is -3.61. The summed E-state index contributed by atoms with van der Waals surface area (Å²) in [5, 5.41) is 13.6. The van der Waals surface area contributed by atoms with Crippen molar-refractivity contribution in [2.45, 2.75) is 63.5 Å². The molecule has 2 unspecified atom stereocenters. The Morgan fingerprint density at radius 2 is 0.981 bits per heavy atom. The highest BCUT2D eigenvalue weighted by molar-refractivity contribution is 6.24. The second-order valence-corrected chi connectivity index (χ2v) is 14.4. The quantitative estimate of drug-likeness (QED) is 0.278. The van der Waals surface area contributed by atoms with Crippen LogP contribution < -0.4 is 20.4 Å². The zero-order valence-electron chi connectivity index (χ0n) is 29.5. The predicted octanol–water partition coefficient (Wildman–Crippen LogP) is 0.800. The van der Waals surface area contributed by atoms with Gasteiger partial charge in [-0.25, -0.2) is 0 Å². The topological polar surface area (TPSA) is 211 Å². The molecule has 2 aromatic carbocycles. The highest BCUT2D eigenvalue weighted by Gasteiger charge is 2.46. The molecule has 8 rings (SSSR count). The lowest BCUT2D eigenvalue weighted by atomic mass is 9.97. The van der Waals surface area contributed by atoms with Crippen LogP contribution in [0.4, 0.5) is 11.4 Å². The maximum absolute atomic E-state index is 12.9. The van der Waals surface area contributed by atoms with E-state index in [0.717, 1.165) is 66.2 Å². The number of benzene rings is 2. The van der Waals surface area contributed by atoms with Gasteiger partial charge in [-0.1, -0.05) is 0 Å². The molecular formula is C38H40N6O10. The Hall–Kier alpha value is -5.77. The number of imide groups is 4. The van der Waals surface area contributed by atoms with Crippen LogP contribution in [0.2, 0.25) is 0 Å². The van der Waals surface area contributed by atoms with Crippen LogP contribution in [0.15, 0.2) is 36.4 Å². The monoisotopic (exact) mass is 740 g/mol. The molecule has 0 saturated carbocycles. The number of aliphatic hydroxyl groups excluding tert-OH is 1. The van der Waals surface area contributed by atoms with Gasteiger partial charge in [-0.05, 0) is 80.8 Å². The summed E-state index contributed by atoms with van der Waals surface area (Å²) >= 11 is 0. The van der Waals surface area contributed by atoms with Crippen molar-refractivity contribution in [3.63, 3.8) is 0 Å². The second kappa shape index (κ2) is 14.9. The summed E-state index contributed by atoms with van der Waals surface area (Å²) in [6.07, 6.45) is 4.76. The number of anilines is 2. The molecule has 4 saturated heterocycles. The number of rotatable bonds is 6. The smallest absolute Gasteiger partial charge is 0.262 e. The predicted molar refractivity (Wildman–Crippen MR) is 189 cm³/mol. The van der Waals surface area contributed by atoms with Gasteiger partial charge in [0.15, 0.2) is 0 Å². The van der Waals surface area contributed by atoms with Crippen LogP contribution in [0.5, 0.6) is 0 Å². The summed E-state index contributed by atoms with van der Waals surface area (Å²) in [5.41, 5.74) is 2.82. The van der Waals surface area contributed by atoms with E-state index in [-0.39, 0.29) is 55.2 Å². The summed E-state index contributed by atoms with van der Waals surface area (Å²) in [6.45, 7) is 3.17. The standard InChI is InChI=1S/C19H21N3O5.C19H19N3O5/c2*23-10-11-5-7-21(8-6-11)12-1-2-13-14(9-12)19(27)22(18(13)26)15-3-4-16(24)20-17(15)25/h1-2,9,11,15,23H,3-8,10H2,(H,20,24,25);1-2,9-11,15H,3-8H2,(H,20,24,25). The Bertz CT molecular complexity index is 1960. The number of nitrogens with zero attached hydrogens (tertiary/aromatic N) is 4. The van der Waals surface area contributed by atoms with Crippen LogP contribution in [0.3, 0.4) is 0 Å². The first-order chi connectivity index (χ1) is 26.0. The molecule has 0 aromatic heterocycles. The van der Waals surface area contributed by atoms with Crippen molar-refractivity contribution < 1.29 is 48.3 Å². The van der Waals surface area contributed by atoms with Gasteiger partial charge in [-0.2, -0.15) is 0 Å². The minimum atomic E-state index is -0.957. The van der Waals surface area contributed by atoms with Crippen LogP contribution in [-0.2, 0) is 24.0 Å². The maximum Gasteiger partial charge on any atom is 0.262 e. The second-order valence-electron chi connectivity index (χ2n) is 14.4. The van der Waals surface area contributed by atoms with Gasteiger partial charge < -0.3 is 19.7 Å². The lowest BCUT2D eigenvalue weighted by Gasteiger charge is -2.33. The molecule has 54 heavy (non-hydrogen) atoms. The zero-order valence-corrected chi connectivity index (χ0v) is 29.5. The number of carbonyl (C=O) groups is 9. The summed E-state index contributed by atoms with van der Waals surface area (Å²) in [6, 6.07) is 8.35. The number of fused-ring (bicyclic) bond motifs is 2. The minimum Gasteiger partial charge on any atom is -0.396 e. The molecule has 3 N–H and O–H groups in total. The van der Waals surface area contributed by atoms with Crippen molar-refractivity contribution in [1.29, 1.82) is 0 Å². The molecular weight excluding hydrogens is 700 g/mol. The number of hydrogen-bond donors (Lipinski definition) is 3. The number of piperidine rings is 4. The van der Waals surface area contributed by atoms with Crippen LogP contribution in [0.1, 0.15) is 92.8 Å². The molecule has 16 heteroatoms. The van der Waals surface area contributed by atoms with Crippen LogP contribution in [0, 0.1) is 11.8 Å². The Morgan fingerprint density at radius 3 is 1.37 bits per heavy atom. The van der Waals surface area contributed by atoms with Crippen molar-refractivity contribution in [3.8, 4) is 0 Å². The van der Waals surface area contributed by atoms with E-state index < -0.39 is 53.4 Å². The third kappa shape index (κ3) is 6.77. The highest BCUT2D eigenvalue weighted by Crippen LogP contribution is 2.34. The van der Waals surface area contributed by atoms with Crippen LogP contribution >= 0.6 is 0 Å². The molecule has 282 valence electrons. The fraction of sp³-hybridized carbons (Fsp3) is 0.447. The number of carbonyl (C=O) groups excluding carboxylic acids is 9. The third-order valence-corrected chi connectivity index (χ3v) is 11.2. The average molecular weight is 741 g/mol. The first-order valence-corrected chi connectivity index (χ1v) is 18.3. The van der Waals surface area contributed by atoms with Crippen molar-refractivity contribution in [1.82, 2.24) is 20.4 Å². The molecule has 0 radical (unpaired) electrons. The molecule has 4 fully saturated rings. The third-order valence-electron chi connectivity index (χ3n) is 11.2. The molecule has 6 aliphatic rings. The van der Waals surface area contributed by atoms with Gasteiger partial charge in [-0.15, -0.1) is 0 Å². The lowest BCUT2D eigenvalue weighted by molar-refractivity contribution is -0.137. The van der Waals surface area contributed by atoms with E-state index in [2.05, 4.69) is 20.4 Å². The van der Waals surface area contributed by atoms with Gasteiger partial charge in [0.1, 0.15) is 18.4 Å². The summed E-state index contributed by atoms with van der Waals surface area (Å²) in [7, 11) is 0. The number of aliphatic hydroxyl groups is 1. The normalized spacial score (nSPS) is 23.6. The Kier molecular flexibility index (Phi) is 10.1. The van der Waals surface area contributed by atoms with Crippen LogP contribution in [-0.4, -0.2) is 113 Å². The molecule has 6 heterocycles. The van der Waals surface area contributed by atoms with E-state index in [0.29, 0.717) is 30.1 Å². The van der Waals surface area contributed by atoms with E-state index in [1.165, 1.54) is 0 Å². The summed E-state index contributed by atoms with van der Waals surface area (Å²) in [4.78, 5) is 115. The van der Waals surface area contributed by atoms with Gasteiger partial charge in [0.05, 0.1) is 22.3 Å². The van der Waals surface area contributed by atoms with Gasteiger partial charge in [-0.3, -0.25) is 58.8 Å². The number of hydrogen-bond acceptors (Lipinski definition) is 12. The van der Waals surface area contributed by atoms with E-state index >= 15 is 0 Å². The van der Waals surface area contributed by atoms with Crippen molar-refractivity contribution in [3.05, 3.63) is 58.7 Å². The van der Waals surface area contributed by atoms with Crippen LogP contribution in [0.25, 0.3) is 0 Å². The molecule has 6 aliphatic heterocycles. The SMILES string of the molecule is O=C1CCC(N2C(=O)c3ccc(N4CCC(CO)CC4)cc3C2=O)C(=O)N1.O=CC1CCN(c2ccc3c(c2)C(=O)N(C2CCC(=O)NC2=O)C3=O)CC1. The first-order valence-electron chi connectivity index (χ1n) is 18.3.